The molecule has 0 aliphatic carbocycles. The number of aliphatic hydroxyl groups is 1. The zero-order valence-electron chi connectivity index (χ0n) is 8.29. The lowest BCUT2D eigenvalue weighted by Crippen LogP contribution is -2.34. The minimum atomic E-state index is -0.691. The number of carbonyl (C=O) groups excluding carboxylic acids is 1. The molecule has 0 bridgehead atoms. The van der Waals surface area contributed by atoms with Crippen LogP contribution < -0.4 is 10.6 Å². The Morgan fingerprint density at radius 2 is 2.40 bits per heavy atom. The summed E-state index contributed by atoms with van der Waals surface area (Å²) in [6.07, 6.45) is -0.691. The first-order valence-corrected chi connectivity index (χ1v) is 5.67. The summed E-state index contributed by atoms with van der Waals surface area (Å²) < 4.78 is 0.630. The van der Waals surface area contributed by atoms with Crippen LogP contribution in [-0.2, 0) is 4.79 Å². The van der Waals surface area contributed by atoms with Crippen LogP contribution in [0.3, 0.4) is 0 Å². The van der Waals surface area contributed by atoms with Crippen molar-refractivity contribution in [2.45, 2.75) is 6.10 Å². The van der Waals surface area contributed by atoms with Crippen LogP contribution in [-0.4, -0.2) is 31.2 Å². The molecule has 15 heavy (non-hydrogen) atoms. The Morgan fingerprint density at radius 3 is 2.93 bits per heavy atom. The molecule has 1 unspecified atom stereocenters. The van der Waals surface area contributed by atoms with Crippen LogP contribution in [0.25, 0.3) is 0 Å². The van der Waals surface area contributed by atoms with Gasteiger partial charge in [0.1, 0.15) is 6.10 Å². The fraction of sp³-hybridized carbons (Fsp3) is 0.444. The van der Waals surface area contributed by atoms with E-state index in [0.717, 1.165) is 4.88 Å². The lowest BCUT2D eigenvalue weighted by Gasteiger charge is -2.09. The van der Waals surface area contributed by atoms with Crippen LogP contribution >= 0.6 is 22.9 Å². The van der Waals surface area contributed by atoms with Crippen molar-refractivity contribution in [3.8, 4) is 0 Å². The average Bonchev–Trinajstić information content (AvgIpc) is 2.62. The first-order valence-electron chi connectivity index (χ1n) is 4.48. The Labute approximate surface area is 97.3 Å². The minimum Gasteiger partial charge on any atom is -0.386 e. The number of hydrogen-bond donors (Lipinski definition) is 3. The third kappa shape index (κ3) is 4.17. The van der Waals surface area contributed by atoms with Crippen LogP contribution in [0, 0.1) is 0 Å². The Kier molecular flexibility index (Phi) is 5.04. The Balaban J connectivity index is 2.36. The SMILES string of the molecule is CNCC(=O)NCC(O)c1ccc(Cl)s1. The van der Waals surface area contributed by atoms with Crippen molar-refractivity contribution in [1.29, 1.82) is 0 Å². The molecule has 1 amide bonds. The van der Waals surface area contributed by atoms with Gasteiger partial charge in [-0.2, -0.15) is 0 Å². The average molecular weight is 249 g/mol. The van der Waals surface area contributed by atoms with E-state index >= 15 is 0 Å². The molecule has 0 aliphatic rings. The second-order valence-electron chi connectivity index (χ2n) is 2.99. The fourth-order valence-corrected chi connectivity index (χ4v) is 2.09. The number of halogens is 1. The molecular formula is C9H13ClN2O2S. The second-order valence-corrected chi connectivity index (χ2v) is 4.74. The molecule has 3 N–H and O–H groups in total. The molecule has 1 aromatic heterocycles. The van der Waals surface area contributed by atoms with Crippen molar-refractivity contribution in [3.05, 3.63) is 21.3 Å². The van der Waals surface area contributed by atoms with Gasteiger partial charge in [0.25, 0.3) is 0 Å². The molecule has 0 fully saturated rings. The molecule has 84 valence electrons. The van der Waals surface area contributed by atoms with E-state index in [1.165, 1.54) is 11.3 Å². The highest BCUT2D eigenvalue weighted by molar-refractivity contribution is 7.16. The van der Waals surface area contributed by atoms with Crippen LogP contribution in [0.4, 0.5) is 0 Å². The molecular weight excluding hydrogens is 236 g/mol. The van der Waals surface area contributed by atoms with Gasteiger partial charge in [-0.15, -0.1) is 11.3 Å². The highest BCUT2D eigenvalue weighted by Gasteiger charge is 2.11. The predicted molar refractivity (Wildman–Crippen MR) is 61.2 cm³/mol. The molecule has 0 saturated carbocycles. The largest absolute Gasteiger partial charge is 0.386 e. The van der Waals surface area contributed by atoms with Gasteiger partial charge < -0.3 is 15.7 Å². The summed E-state index contributed by atoms with van der Waals surface area (Å²) in [4.78, 5) is 11.8. The molecule has 6 heteroatoms. The number of likely N-dealkylation sites (N-methyl/N-ethyl adjacent to an activating group) is 1. The number of amides is 1. The van der Waals surface area contributed by atoms with Gasteiger partial charge >= 0.3 is 0 Å². The van der Waals surface area contributed by atoms with E-state index in [1.54, 1.807) is 19.2 Å². The summed E-state index contributed by atoms with van der Waals surface area (Å²) in [5, 5.41) is 15.0. The summed E-state index contributed by atoms with van der Waals surface area (Å²) in [6, 6.07) is 3.47. The van der Waals surface area contributed by atoms with Crippen molar-refractivity contribution < 1.29 is 9.90 Å². The normalized spacial score (nSPS) is 12.5. The predicted octanol–water partition coefficient (Wildman–Crippen LogP) is 0.771. The molecule has 1 atom stereocenters. The van der Waals surface area contributed by atoms with Gasteiger partial charge in [-0.25, -0.2) is 0 Å². The van der Waals surface area contributed by atoms with E-state index in [9.17, 15) is 9.90 Å². The highest BCUT2D eigenvalue weighted by Crippen LogP contribution is 2.26. The smallest absolute Gasteiger partial charge is 0.234 e. The quantitative estimate of drug-likeness (QED) is 0.722. The van der Waals surface area contributed by atoms with Gasteiger partial charge in [-0.1, -0.05) is 11.6 Å². The minimum absolute atomic E-state index is 0.140. The van der Waals surface area contributed by atoms with Crippen molar-refractivity contribution >= 4 is 28.8 Å². The maximum Gasteiger partial charge on any atom is 0.234 e. The summed E-state index contributed by atoms with van der Waals surface area (Å²) in [5.74, 6) is -0.140. The first-order chi connectivity index (χ1) is 7.13. The second kappa shape index (κ2) is 6.07. The molecule has 4 nitrogen and oxygen atoms in total. The maximum absolute atomic E-state index is 11.1. The fourth-order valence-electron chi connectivity index (χ4n) is 1.04. The summed E-state index contributed by atoms with van der Waals surface area (Å²) in [5.41, 5.74) is 0. The number of rotatable bonds is 5. The van der Waals surface area contributed by atoms with Crippen LogP contribution in [0.1, 0.15) is 11.0 Å². The van der Waals surface area contributed by atoms with Crippen molar-refractivity contribution in [1.82, 2.24) is 10.6 Å². The molecule has 1 aromatic rings. The molecule has 0 aliphatic heterocycles. The van der Waals surface area contributed by atoms with E-state index in [2.05, 4.69) is 10.6 Å². The molecule has 0 aromatic carbocycles. The van der Waals surface area contributed by atoms with E-state index in [4.69, 9.17) is 11.6 Å². The number of carbonyl (C=O) groups is 1. The maximum atomic E-state index is 11.1. The van der Waals surface area contributed by atoms with E-state index < -0.39 is 6.10 Å². The standard InChI is InChI=1S/C9H13ClN2O2S/c1-11-5-9(14)12-4-6(13)7-2-3-8(10)15-7/h2-3,6,11,13H,4-5H2,1H3,(H,12,14). The molecule has 1 heterocycles. The first kappa shape index (κ1) is 12.4. The molecule has 0 saturated heterocycles. The van der Waals surface area contributed by atoms with Crippen LogP contribution in [0.2, 0.25) is 4.34 Å². The lowest BCUT2D eigenvalue weighted by atomic mass is 10.3. The molecule has 0 radical (unpaired) electrons. The Hall–Kier alpha value is -0.620. The van der Waals surface area contributed by atoms with E-state index in [1.807, 2.05) is 0 Å². The number of hydrogen-bond acceptors (Lipinski definition) is 4. The van der Waals surface area contributed by atoms with Gasteiger partial charge in [0.05, 0.1) is 10.9 Å². The van der Waals surface area contributed by atoms with Gasteiger partial charge in [0.2, 0.25) is 5.91 Å². The third-order valence-electron chi connectivity index (χ3n) is 1.75. The van der Waals surface area contributed by atoms with E-state index in [-0.39, 0.29) is 19.0 Å². The Bertz CT molecular complexity index is 330. The van der Waals surface area contributed by atoms with Crippen molar-refractivity contribution in [3.63, 3.8) is 0 Å². The van der Waals surface area contributed by atoms with Crippen molar-refractivity contribution in [2.24, 2.45) is 0 Å². The lowest BCUT2D eigenvalue weighted by molar-refractivity contribution is -0.120. The van der Waals surface area contributed by atoms with Crippen LogP contribution in [0.15, 0.2) is 12.1 Å². The molecule has 0 spiro atoms. The number of nitrogens with one attached hydrogen (secondary N) is 2. The monoisotopic (exact) mass is 248 g/mol. The van der Waals surface area contributed by atoms with Gasteiger partial charge in [-0.05, 0) is 19.2 Å². The summed E-state index contributed by atoms with van der Waals surface area (Å²) in [6.45, 7) is 0.454. The summed E-state index contributed by atoms with van der Waals surface area (Å²) >= 11 is 7.04. The number of thiophene rings is 1. The van der Waals surface area contributed by atoms with Crippen molar-refractivity contribution in [2.75, 3.05) is 20.1 Å². The zero-order chi connectivity index (χ0) is 11.3. The number of aliphatic hydroxyl groups excluding tert-OH is 1. The summed E-state index contributed by atoms with van der Waals surface area (Å²) in [7, 11) is 1.69. The Morgan fingerprint density at radius 1 is 1.67 bits per heavy atom. The molecule has 1 rings (SSSR count). The van der Waals surface area contributed by atoms with Crippen LogP contribution in [0.5, 0.6) is 0 Å². The zero-order valence-corrected chi connectivity index (χ0v) is 9.86. The topological polar surface area (TPSA) is 61.4 Å². The third-order valence-corrected chi connectivity index (χ3v) is 3.08. The van der Waals surface area contributed by atoms with Gasteiger partial charge in [-0.3, -0.25) is 4.79 Å². The van der Waals surface area contributed by atoms with Gasteiger partial charge in [0.15, 0.2) is 0 Å². The highest BCUT2D eigenvalue weighted by atomic mass is 35.5. The van der Waals surface area contributed by atoms with Gasteiger partial charge in [0, 0.05) is 11.4 Å². The van der Waals surface area contributed by atoms with E-state index in [0.29, 0.717) is 4.34 Å².